The van der Waals surface area contributed by atoms with Crippen molar-refractivity contribution in [3.8, 4) is 0 Å². The summed E-state index contributed by atoms with van der Waals surface area (Å²) in [7, 11) is 0. The molecule has 1 aliphatic rings. The third kappa shape index (κ3) is 2.46. The van der Waals surface area contributed by atoms with Gasteiger partial charge in [0.1, 0.15) is 0 Å². The summed E-state index contributed by atoms with van der Waals surface area (Å²) < 4.78 is 0. The Balaban J connectivity index is 2.36. The van der Waals surface area contributed by atoms with Crippen LogP contribution in [0.4, 0.5) is 0 Å². The molecule has 2 nitrogen and oxygen atoms in total. The van der Waals surface area contributed by atoms with Crippen molar-refractivity contribution < 1.29 is 5.11 Å². The highest BCUT2D eigenvalue weighted by Crippen LogP contribution is 2.31. The van der Waals surface area contributed by atoms with Crippen LogP contribution in [0, 0.1) is 11.3 Å². The Morgan fingerprint density at radius 2 is 2.00 bits per heavy atom. The number of nitrogens with one attached hydrogen (secondary N) is 1. The normalized spacial score (nSPS) is 32.0. The third-order valence-corrected chi connectivity index (χ3v) is 2.96. The zero-order valence-corrected chi connectivity index (χ0v) is 8.43. The monoisotopic (exact) mass is 171 g/mol. The summed E-state index contributed by atoms with van der Waals surface area (Å²) in [4.78, 5) is 0. The van der Waals surface area contributed by atoms with Crippen molar-refractivity contribution in [1.29, 1.82) is 0 Å². The van der Waals surface area contributed by atoms with E-state index in [-0.39, 0.29) is 6.61 Å². The van der Waals surface area contributed by atoms with Gasteiger partial charge in [0.15, 0.2) is 0 Å². The molecule has 1 fully saturated rings. The molecule has 2 heteroatoms. The second-order valence-corrected chi connectivity index (χ2v) is 4.93. The maximum Gasteiger partial charge on any atom is 0.0584 e. The van der Waals surface area contributed by atoms with Crippen LogP contribution in [0.25, 0.3) is 0 Å². The first kappa shape index (κ1) is 10.0. The van der Waals surface area contributed by atoms with E-state index in [2.05, 4.69) is 26.1 Å². The van der Waals surface area contributed by atoms with E-state index in [4.69, 9.17) is 5.11 Å². The van der Waals surface area contributed by atoms with Crippen LogP contribution in [-0.2, 0) is 0 Å². The Hall–Kier alpha value is -0.0800. The van der Waals surface area contributed by atoms with E-state index in [9.17, 15) is 0 Å². The van der Waals surface area contributed by atoms with Gasteiger partial charge in [-0.25, -0.2) is 0 Å². The van der Waals surface area contributed by atoms with E-state index in [1.165, 1.54) is 6.42 Å². The van der Waals surface area contributed by atoms with Gasteiger partial charge in [0.25, 0.3) is 0 Å². The minimum Gasteiger partial charge on any atom is -0.395 e. The van der Waals surface area contributed by atoms with Gasteiger partial charge in [0, 0.05) is 6.04 Å². The smallest absolute Gasteiger partial charge is 0.0584 e. The molecule has 1 rings (SSSR count). The molecule has 0 spiro atoms. The Kier molecular flexibility index (Phi) is 3.13. The van der Waals surface area contributed by atoms with Gasteiger partial charge in [-0.3, -0.25) is 0 Å². The SMILES string of the molecule is CC(C)(C)C1CCC(CO)NC1. The van der Waals surface area contributed by atoms with Crippen molar-refractivity contribution >= 4 is 0 Å². The molecule has 0 aromatic heterocycles. The fraction of sp³-hybridized carbons (Fsp3) is 1.00. The van der Waals surface area contributed by atoms with E-state index >= 15 is 0 Å². The second-order valence-electron chi connectivity index (χ2n) is 4.93. The van der Waals surface area contributed by atoms with Crippen molar-refractivity contribution in [2.75, 3.05) is 13.2 Å². The predicted molar refractivity (Wildman–Crippen MR) is 51.1 cm³/mol. The van der Waals surface area contributed by atoms with E-state index < -0.39 is 0 Å². The molecule has 2 unspecified atom stereocenters. The summed E-state index contributed by atoms with van der Waals surface area (Å²) in [6.45, 7) is 8.22. The first-order chi connectivity index (χ1) is 5.54. The van der Waals surface area contributed by atoms with Gasteiger partial charge < -0.3 is 10.4 Å². The first-order valence-corrected chi connectivity index (χ1v) is 4.88. The van der Waals surface area contributed by atoms with Crippen LogP contribution < -0.4 is 5.32 Å². The molecule has 0 aromatic carbocycles. The Morgan fingerprint density at radius 1 is 1.33 bits per heavy atom. The number of aliphatic hydroxyl groups excluding tert-OH is 1. The molecule has 2 N–H and O–H groups in total. The van der Waals surface area contributed by atoms with Gasteiger partial charge in [-0.1, -0.05) is 20.8 Å². The van der Waals surface area contributed by atoms with Gasteiger partial charge in [-0.15, -0.1) is 0 Å². The van der Waals surface area contributed by atoms with Crippen LogP contribution in [0.15, 0.2) is 0 Å². The van der Waals surface area contributed by atoms with Gasteiger partial charge >= 0.3 is 0 Å². The molecular formula is C10H21NO. The summed E-state index contributed by atoms with van der Waals surface area (Å²) in [6.07, 6.45) is 2.38. The highest BCUT2D eigenvalue weighted by atomic mass is 16.3. The molecule has 1 heterocycles. The molecule has 12 heavy (non-hydrogen) atoms. The zero-order chi connectivity index (χ0) is 9.19. The van der Waals surface area contributed by atoms with Crippen LogP contribution in [0.2, 0.25) is 0 Å². The molecule has 1 aliphatic heterocycles. The second kappa shape index (κ2) is 3.75. The Morgan fingerprint density at radius 3 is 2.33 bits per heavy atom. The lowest BCUT2D eigenvalue weighted by Crippen LogP contribution is -2.44. The maximum absolute atomic E-state index is 8.92. The number of aliphatic hydroxyl groups is 1. The standard InChI is InChI=1S/C10H21NO/c1-10(2,3)8-4-5-9(7-12)11-6-8/h8-9,11-12H,4-7H2,1-3H3. The first-order valence-electron chi connectivity index (χ1n) is 4.88. The lowest BCUT2D eigenvalue weighted by molar-refractivity contribution is 0.140. The quantitative estimate of drug-likeness (QED) is 0.625. The van der Waals surface area contributed by atoms with Crippen LogP contribution >= 0.6 is 0 Å². The lowest BCUT2D eigenvalue weighted by atomic mass is 9.76. The number of piperidine rings is 1. The molecule has 2 atom stereocenters. The Labute approximate surface area is 75.4 Å². The Bertz CT molecular complexity index is 131. The summed E-state index contributed by atoms with van der Waals surface area (Å²) in [5, 5.41) is 12.3. The number of hydrogen-bond acceptors (Lipinski definition) is 2. The van der Waals surface area contributed by atoms with Gasteiger partial charge in [-0.05, 0) is 30.7 Å². The molecule has 0 amide bonds. The highest BCUT2D eigenvalue weighted by molar-refractivity contribution is 4.83. The third-order valence-electron chi connectivity index (χ3n) is 2.96. The van der Waals surface area contributed by atoms with Gasteiger partial charge in [0.05, 0.1) is 6.61 Å². The van der Waals surface area contributed by atoms with Gasteiger partial charge in [0.2, 0.25) is 0 Å². The fourth-order valence-electron chi connectivity index (χ4n) is 1.81. The van der Waals surface area contributed by atoms with Crippen LogP contribution in [0.5, 0.6) is 0 Å². The average molecular weight is 171 g/mol. The fourth-order valence-corrected chi connectivity index (χ4v) is 1.81. The van der Waals surface area contributed by atoms with Crippen LogP contribution in [0.3, 0.4) is 0 Å². The van der Waals surface area contributed by atoms with Crippen molar-refractivity contribution in [1.82, 2.24) is 5.32 Å². The van der Waals surface area contributed by atoms with Gasteiger partial charge in [-0.2, -0.15) is 0 Å². The van der Waals surface area contributed by atoms with E-state index in [0.29, 0.717) is 11.5 Å². The summed E-state index contributed by atoms with van der Waals surface area (Å²) in [5.74, 6) is 0.764. The molecular weight excluding hydrogens is 150 g/mol. The van der Waals surface area contributed by atoms with E-state index in [1.54, 1.807) is 0 Å². The van der Waals surface area contributed by atoms with Crippen molar-refractivity contribution in [2.45, 2.75) is 39.7 Å². The maximum atomic E-state index is 8.92. The summed E-state index contributed by atoms with van der Waals surface area (Å²) >= 11 is 0. The minimum atomic E-state index is 0.289. The molecule has 0 aliphatic carbocycles. The summed E-state index contributed by atoms with van der Waals surface area (Å²) in [5.41, 5.74) is 0.410. The predicted octanol–water partition coefficient (Wildman–Crippen LogP) is 1.39. The number of rotatable bonds is 1. The van der Waals surface area contributed by atoms with Crippen molar-refractivity contribution in [3.63, 3.8) is 0 Å². The number of hydrogen-bond donors (Lipinski definition) is 2. The molecule has 0 bridgehead atoms. The molecule has 0 saturated carbocycles. The summed E-state index contributed by atoms with van der Waals surface area (Å²) in [6, 6.07) is 0.351. The average Bonchev–Trinajstić information content (AvgIpc) is 2.03. The van der Waals surface area contributed by atoms with Crippen LogP contribution in [-0.4, -0.2) is 24.3 Å². The lowest BCUT2D eigenvalue weighted by Gasteiger charge is -2.37. The highest BCUT2D eigenvalue weighted by Gasteiger charge is 2.28. The molecule has 72 valence electrons. The van der Waals surface area contributed by atoms with Crippen LogP contribution in [0.1, 0.15) is 33.6 Å². The zero-order valence-electron chi connectivity index (χ0n) is 8.43. The van der Waals surface area contributed by atoms with Crippen molar-refractivity contribution in [3.05, 3.63) is 0 Å². The molecule has 1 saturated heterocycles. The topological polar surface area (TPSA) is 32.3 Å². The van der Waals surface area contributed by atoms with E-state index in [0.717, 1.165) is 18.9 Å². The van der Waals surface area contributed by atoms with E-state index in [1.807, 2.05) is 0 Å². The largest absolute Gasteiger partial charge is 0.395 e. The van der Waals surface area contributed by atoms with Crippen molar-refractivity contribution in [2.24, 2.45) is 11.3 Å². The minimum absolute atomic E-state index is 0.289. The molecule has 0 aromatic rings. The molecule has 0 radical (unpaired) electrons.